The number of carboxylic acids is 1. The second-order valence-corrected chi connectivity index (χ2v) is 2.84. The molecule has 0 radical (unpaired) electrons. The van der Waals surface area contributed by atoms with Gasteiger partial charge >= 0.3 is 0 Å². The van der Waals surface area contributed by atoms with Crippen molar-refractivity contribution >= 4 is 18.6 Å². The third kappa shape index (κ3) is 2.58. The Morgan fingerprint density at radius 3 is 2.17 bits per heavy atom. The van der Waals surface area contributed by atoms with E-state index in [2.05, 4.69) is 12.6 Å². The molecule has 1 aromatic carbocycles. The third-order valence-electron chi connectivity index (χ3n) is 1.55. The van der Waals surface area contributed by atoms with Crippen LogP contribution in [0.5, 0.6) is 0 Å². The zero-order chi connectivity index (χ0) is 8.97. The maximum atomic E-state index is 10.2. The van der Waals surface area contributed by atoms with Crippen LogP contribution in [0.1, 0.15) is 11.1 Å². The molecule has 0 aliphatic carbocycles. The second kappa shape index (κ2) is 4.16. The minimum atomic E-state index is -1.05. The number of carbonyl (C=O) groups excluding carboxylic acids is 1. The average molecular weight is 181 g/mol. The van der Waals surface area contributed by atoms with Gasteiger partial charge in [0.2, 0.25) is 0 Å². The molecule has 1 rings (SSSR count). The third-order valence-corrected chi connectivity index (χ3v) is 1.92. The van der Waals surface area contributed by atoms with E-state index in [0.717, 1.165) is 11.1 Å². The summed E-state index contributed by atoms with van der Waals surface area (Å²) >= 11 is 4.09. The average Bonchev–Trinajstić information content (AvgIpc) is 2.05. The maximum absolute atomic E-state index is 10.2. The van der Waals surface area contributed by atoms with E-state index in [1.54, 1.807) is 12.1 Å². The Balaban J connectivity index is 2.71. The summed E-state index contributed by atoms with van der Waals surface area (Å²) < 4.78 is 0. The van der Waals surface area contributed by atoms with Crippen molar-refractivity contribution in [1.29, 1.82) is 0 Å². The molecule has 3 heteroatoms. The van der Waals surface area contributed by atoms with Gasteiger partial charge in [0.1, 0.15) is 0 Å². The fourth-order valence-corrected chi connectivity index (χ4v) is 1.14. The molecule has 0 spiro atoms. The van der Waals surface area contributed by atoms with Crippen molar-refractivity contribution < 1.29 is 9.90 Å². The molecule has 64 valence electrons. The Hall–Kier alpha value is -0.960. The van der Waals surface area contributed by atoms with E-state index in [1.165, 1.54) is 0 Å². The van der Waals surface area contributed by atoms with E-state index in [9.17, 15) is 9.90 Å². The molecule has 2 nitrogen and oxygen atoms in total. The highest BCUT2D eigenvalue weighted by molar-refractivity contribution is 7.79. The van der Waals surface area contributed by atoms with E-state index in [1.807, 2.05) is 12.1 Å². The fourth-order valence-electron chi connectivity index (χ4n) is 0.929. The standard InChI is InChI=1S/C9H10O2S/c10-9(11)5-7-1-3-8(6-12)4-2-7/h1-4,12H,5-6H2,(H,10,11)/p-1. The summed E-state index contributed by atoms with van der Waals surface area (Å²) in [7, 11) is 0. The molecule has 0 amide bonds. The molecule has 0 N–H and O–H groups in total. The topological polar surface area (TPSA) is 40.1 Å². The predicted molar refractivity (Wildman–Crippen MR) is 47.8 cm³/mol. The van der Waals surface area contributed by atoms with Crippen LogP contribution in [0.15, 0.2) is 24.3 Å². The number of carbonyl (C=O) groups is 1. The van der Waals surface area contributed by atoms with E-state index < -0.39 is 5.97 Å². The van der Waals surface area contributed by atoms with Gasteiger partial charge in [0.05, 0.1) is 0 Å². The number of aliphatic carboxylic acids is 1. The number of carboxylic acid groups (broad SMARTS) is 1. The molecule has 0 bridgehead atoms. The molecule has 0 unspecified atom stereocenters. The lowest BCUT2D eigenvalue weighted by molar-refractivity contribution is -0.304. The Labute approximate surface area is 76.6 Å². The number of rotatable bonds is 3. The highest BCUT2D eigenvalue weighted by atomic mass is 32.1. The second-order valence-electron chi connectivity index (χ2n) is 2.52. The van der Waals surface area contributed by atoms with Gasteiger partial charge < -0.3 is 9.90 Å². The monoisotopic (exact) mass is 181 g/mol. The summed E-state index contributed by atoms with van der Waals surface area (Å²) in [5.74, 6) is -0.375. The lowest BCUT2D eigenvalue weighted by Crippen LogP contribution is -2.24. The van der Waals surface area contributed by atoms with E-state index in [0.29, 0.717) is 5.75 Å². The van der Waals surface area contributed by atoms with Crippen LogP contribution in [0, 0.1) is 0 Å². The van der Waals surface area contributed by atoms with Crippen LogP contribution in [0.4, 0.5) is 0 Å². The number of hydrogen-bond acceptors (Lipinski definition) is 3. The van der Waals surface area contributed by atoms with Gasteiger partial charge in [-0.1, -0.05) is 24.3 Å². The normalized spacial score (nSPS) is 9.75. The van der Waals surface area contributed by atoms with Gasteiger partial charge in [0.15, 0.2) is 0 Å². The molecule has 0 aliphatic rings. The van der Waals surface area contributed by atoms with E-state index >= 15 is 0 Å². The zero-order valence-corrected chi connectivity index (χ0v) is 7.38. The molecule has 0 heterocycles. The van der Waals surface area contributed by atoms with Gasteiger partial charge in [0.25, 0.3) is 0 Å². The quantitative estimate of drug-likeness (QED) is 0.686. The molecule has 0 aliphatic heterocycles. The largest absolute Gasteiger partial charge is 0.550 e. The SMILES string of the molecule is O=C([O-])Cc1ccc(CS)cc1. The minimum absolute atomic E-state index is 0.0210. The number of benzene rings is 1. The van der Waals surface area contributed by atoms with Gasteiger partial charge in [-0.3, -0.25) is 0 Å². The molecular formula is C9H9O2S-. The van der Waals surface area contributed by atoms with Gasteiger partial charge in [-0.2, -0.15) is 12.6 Å². The first-order valence-corrected chi connectivity index (χ1v) is 4.24. The van der Waals surface area contributed by atoms with Gasteiger partial charge in [-0.05, 0) is 11.1 Å². The van der Waals surface area contributed by atoms with Crippen molar-refractivity contribution in [2.45, 2.75) is 12.2 Å². The van der Waals surface area contributed by atoms with Gasteiger partial charge in [-0.25, -0.2) is 0 Å². The van der Waals surface area contributed by atoms with Crippen molar-refractivity contribution in [2.75, 3.05) is 0 Å². The molecule has 0 fully saturated rings. The van der Waals surface area contributed by atoms with Crippen molar-refractivity contribution in [3.63, 3.8) is 0 Å². The predicted octanol–water partition coefficient (Wildman–Crippen LogP) is 0.409. The first-order chi connectivity index (χ1) is 5.72. The van der Waals surface area contributed by atoms with Gasteiger partial charge in [0, 0.05) is 18.1 Å². The van der Waals surface area contributed by atoms with Crippen LogP contribution in [-0.2, 0) is 17.0 Å². The molecule has 12 heavy (non-hydrogen) atoms. The molecule has 0 atom stereocenters. The van der Waals surface area contributed by atoms with E-state index in [-0.39, 0.29) is 6.42 Å². The summed E-state index contributed by atoms with van der Waals surface area (Å²) in [4.78, 5) is 10.2. The first-order valence-electron chi connectivity index (χ1n) is 3.61. The van der Waals surface area contributed by atoms with Gasteiger partial charge in [-0.15, -0.1) is 0 Å². The van der Waals surface area contributed by atoms with Crippen LogP contribution in [0.2, 0.25) is 0 Å². The molecule has 0 saturated carbocycles. The molecule has 1 aromatic rings. The number of thiol groups is 1. The van der Waals surface area contributed by atoms with Crippen LogP contribution in [-0.4, -0.2) is 5.97 Å². The Bertz CT molecular complexity index is 266. The first kappa shape index (κ1) is 9.13. The Morgan fingerprint density at radius 1 is 1.25 bits per heavy atom. The Kier molecular flexibility index (Phi) is 3.17. The summed E-state index contributed by atoms with van der Waals surface area (Å²) in [6.07, 6.45) is -0.0210. The lowest BCUT2D eigenvalue weighted by atomic mass is 10.1. The summed E-state index contributed by atoms with van der Waals surface area (Å²) in [6, 6.07) is 7.29. The summed E-state index contributed by atoms with van der Waals surface area (Å²) in [5, 5.41) is 10.2. The van der Waals surface area contributed by atoms with Crippen LogP contribution in [0.3, 0.4) is 0 Å². The zero-order valence-electron chi connectivity index (χ0n) is 6.49. The van der Waals surface area contributed by atoms with Crippen LogP contribution in [0.25, 0.3) is 0 Å². The smallest absolute Gasteiger partial charge is 0.0458 e. The molecular weight excluding hydrogens is 172 g/mol. The van der Waals surface area contributed by atoms with Crippen molar-refractivity contribution in [3.8, 4) is 0 Å². The fraction of sp³-hybridized carbons (Fsp3) is 0.222. The van der Waals surface area contributed by atoms with Crippen molar-refractivity contribution in [3.05, 3.63) is 35.4 Å². The number of hydrogen-bond donors (Lipinski definition) is 1. The highest BCUT2D eigenvalue weighted by Gasteiger charge is 1.93. The molecule has 0 aromatic heterocycles. The Morgan fingerprint density at radius 2 is 1.75 bits per heavy atom. The highest BCUT2D eigenvalue weighted by Crippen LogP contribution is 2.06. The lowest BCUT2D eigenvalue weighted by Gasteiger charge is -2.02. The summed E-state index contributed by atoms with van der Waals surface area (Å²) in [5.41, 5.74) is 1.85. The van der Waals surface area contributed by atoms with Crippen molar-refractivity contribution in [1.82, 2.24) is 0 Å². The van der Waals surface area contributed by atoms with Crippen LogP contribution >= 0.6 is 12.6 Å². The van der Waals surface area contributed by atoms with E-state index in [4.69, 9.17) is 0 Å². The minimum Gasteiger partial charge on any atom is -0.550 e. The molecule has 0 saturated heterocycles. The van der Waals surface area contributed by atoms with Crippen molar-refractivity contribution in [2.24, 2.45) is 0 Å². The summed E-state index contributed by atoms with van der Waals surface area (Å²) in [6.45, 7) is 0. The van der Waals surface area contributed by atoms with Crippen LogP contribution < -0.4 is 5.11 Å². The maximum Gasteiger partial charge on any atom is 0.0458 e.